The molecule has 0 spiro atoms. The van der Waals surface area contributed by atoms with Gasteiger partial charge in [0.15, 0.2) is 4.88 Å². The number of hydrogen-bond donors (Lipinski definition) is 1. The summed E-state index contributed by atoms with van der Waals surface area (Å²) in [6, 6.07) is 1.70. The van der Waals surface area contributed by atoms with E-state index in [0.717, 1.165) is 11.5 Å². The Labute approximate surface area is 91.1 Å². The van der Waals surface area contributed by atoms with Gasteiger partial charge >= 0.3 is 5.97 Å². The highest BCUT2D eigenvalue weighted by molar-refractivity contribution is 7.99. The van der Waals surface area contributed by atoms with Gasteiger partial charge in [0.25, 0.3) is 0 Å². The van der Waals surface area contributed by atoms with Crippen LogP contribution in [0.2, 0.25) is 0 Å². The molecule has 5 heteroatoms. The Kier molecular flexibility index (Phi) is 4.82. The third-order valence-corrected chi connectivity index (χ3v) is 3.26. The zero-order valence-corrected chi connectivity index (χ0v) is 9.49. The van der Waals surface area contributed by atoms with Crippen LogP contribution >= 0.6 is 23.1 Å². The molecule has 0 aliphatic heterocycles. The van der Waals surface area contributed by atoms with E-state index in [-0.39, 0.29) is 4.88 Å². The summed E-state index contributed by atoms with van der Waals surface area (Å²) in [4.78, 5) is 11.0. The van der Waals surface area contributed by atoms with E-state index >= 15 is 0 Å². The Morgan fingerprint density at radius 3 is 3.14 bits per heavy atom. The maximum atomic E-state index is 10.7. The monoisotopic (exact) mass is 232 g/mol. The topological polar surface area (TPSA) is 46.5 Å². The summed E-state index contributed by atoms with van der Waals surface area (Å²) in [6.07, 6.45) is 0. The van der Waals surface area contributed by atoms with Crippen LogP contribution in [-0.4, -0.2) is 29.2 Å². The molecule has 0 saturated carbocycles. The summed E-state index contributed by atoms with van der Waals surface area (Å²) in [5.41, 5.74) is 0. The molecule has 0 bridgehead atoms. The van der Waals surface area contributed by atoms with E-state index in [2.05, 4.69) is 6.92 Å². The van der Waals surface area contributed by atoms with Gasteiger partial charge in [-0.3, -0.25) is 0 Å². The van der Waals surface area contributed by atoms with Gasteiger partial charge in [0.05, 0.1) is 6.61 Å². The van der Waals surface area contributed by atoms with Crippen LogP contribution in [-0.2, 0) is 0 Å². The van der Waals surface area contributed by atoms with E-state index in [9.17, 15) is 4.79 Å². The van der Waals surface area contributed by atoms with E-state index < -0.39 is 5.97 Å². The van der Waals surface area contributed by atoms with Gasteiger partial charge in [0, 0.05) is 5.75 Å². The van der Waals surface area contributed by atoms with Crippen molar-refractivity contribution in [3.8, 4) is 5.75 Å². The molecule has 0 radical (unpaired) electrons. The van der Waals surface area contributed by atoms with Gasteiger partial charge in [-0.1, -0.05) is 6.92 Å². The average Bonchev–Trinajstić information content (AvgIpc) is 2.60. The zero-order chi connectivity index (χ0) is 10.4. The van der Waals surface area contributed by atoms with Crippen LogP contribution in [0.15, 0.2) is 11.4 Å². The molecule has 0 unspecified atom stereocenters. The molecule has 1 heterocycles. The van der Waals surface area contributed by atoms with Crippen LogP contribution in [0.25, 0.3) is 0 Å². The van der Waals surface area contributed by atoms with E-state index in [0.29, 0.717) is 12.4 Å². The summed E-state index contributed by atoms with van der Waals surface area (Å²) >= 11 is 2.97. The zero-order valence-electron chi connectivity index (χ0n) is 7.86. The van der Waals surface area contributed by atoms with Gasteiger partial charge in [-0.25, -0.2) is 4.79 Å². The first-order chi connectivity index (χ1) is 6.75. The minimum atomic E-state index is -0.918. The molecule has 78 valence electrons. The highest BCUT2D eigenvalue weighted by Gasteiger charge is 2.12. The van der Waals surface area contributed by atoms with Crippen LogP contribution in [0.5, 0.6) is 5.75 Å². The molecule has 1 N–H and O–H groups in total. The van der Waals surface area contributed by atoms with Crippen molar-refractivity contribution in [2.75, 3.05) is 18.1 Å². The number of ether oxygens (including phenoxy) is 1. The Bertz CT molecular complexity index is 296. The molecule has 0 fully saturated rings. The number of carbonyl (C=O) groups is 1. The third kappa shape index (κ3) is 3.23. The van der Waals surface area contributed by atoms with Crippen molar-refractivity contribution in [2.45, 2.75) is 6.92 Å². The second-order valence-electron chi connectivity index (χ2n) is 2.46. The Morgan fingerprint density at radius 1 is 1.71 bits per heavy atom. The van der Waals surface area contributed by atoms with Gasteiger partial charge in [-0.05, 0) is 17.2 Å². The fourth-order valence-electron chi connectivity index (χ4n) is 0.922. The Balaban J connectivity index is 2.42. The summed E-state index contributed by atoms with van der Waals surface area (Å²) in [5.74, 6) is 1.52. The summed E-state index contributed by atoms with van der Waals surface area (Å²) < 4.78 is 5.35. The van der Waals surface area contributed by atoms with Gasteiger partial charge < -0.3 is 9.84 Å². The third-order valence-electron chi connectivity index (χ3n) is 1.51. The van der Waals surface area contributed by atoms with Gasteiger partial charge in [-0.15, -0.1) is 11.3 Å². The van der Waals surface area contributed by atoms with Crippen LogP contribution < -0.4 is 4.74 Å². The second-order valence-corrected chi connectivity index (χ2v) is 4.77. The number of rotatable bonds is 6. The predicted molar refractivity (Wildman–Crippen MR) is 59.8 cm³/mol. The summed E-state index contributed by atoms with van der Waals surface area (Å²) in [7, 11) is 0. The first kappa shape index (κ1) is 11.4. The van der Waals surface area contributed by atoms with E-state index in [1.807, 2.05) is 0 Å². The molecule has 0 aliphatic rings. The first-order valence-corrected chi connectivity index (χ1v) is 6.30. The molecule has 0 saturated heterocycles. The second kappa shape index (κ2) is 5.93. The molecule has 0 aromatic carbocycles. The normalized spacial score (nSPS) is 10.1. The Hall–Kier alpha value is -0.680. The van der Waals surface area contributed by atoms with Crippen LogP contribution in [0, 0.1) is 0 Å². The Morgan fingerprint density at radius 2 is 2.50 bits per heavy atom. The highest BCUT2D eigenvalue weighted by atomic mass is 32.2. The maximum absolute atomic E-state index is 10.7. The van der Waals surface area contributed by atoms with Gasteiger partial charge in [0.1, 0.15) is 5.75 Å². The quantitative estimate of drug-likeness (QED) is 0.766. The standard InChI is InChI=1S/C9H12O3S2/c1-2-13-6-4-12-7-3-5-14-8(7)9(10)11/h3,5H,2,4,6H2,1H3,(H,10,11). The highest BCUT2D eigenvalue weighted by Crippen LogP contribution is 2.24. The molecule has 1 aromatic rings. The average molecular weight is 232 g/mol. The van der Waals surface area contributed by atoms with Crippen molar-refractivity contribution in [1.82, 2.24) is 0 Å². The van der Waals surface area contributed by atoms with E-state index in [1.54, 1.807) is 23.2 Å². The van der Waals surface area contributed by atoms with Gasteiger partial charge in [0.2, 0.25) is 0 Å². The first-order valence-electron chi connectivity index (χ1n) is 4.27. The molecule has 1 aromatic heterocycles. The molecule has 1 rings (SSSR count). The van der Waals surface area contributed by atoms with Crippen LogP contribution in [0.1, 0.15) is 16.6 Å². The number of carboxylic acids is 1. The lowest BCUT2D eigenvalue weighted by molar-refractivity contribution is 0.0698. The van der Waals surface area contributed by atoms with Crippen molar-refractivity contribution in [3.63, 3.8) is 0 Å². The molecule has 14 heavy (non-hydrogen) atoms. The molecular weight excluding hydrogens is 220 g/mol. The minimum absolute atomic E-state index is 0.284. The number of carboxylic acid groups (broad SMARTS) is 1. The van der Waals surface area contributed by atoms with E-state index in [1.165, 1.54) is 11.3 Å². The smallest absolute Gasteiger partial charge is 0.349 e. The molecule has 0 atom stereocenters. The fourth-order valence-corrected chi connectivity index (χ4v) is 2.08. The summed E-state index contributed by atoms with van der Waals surface area (Å²) in [6.45, 7) is 2.65. The molecule has 0 amide bonds. The largest absolute Gasteiger partial charge is 0.491 e. The number of thiophene rings is 1. The SMILES string of the molecule is CCSCCOc1ccsc1C(=O)O. The molecule has 0 aliphatic carbocycles. The van der Waals surface area contributed by atoms with E-state index in [4.69, 9.17) is 9.84 Å². The van der Waals surface area contributed by atoms with Crippen LogP contribution in [0.4, 0.5) is 0 Å². The van der Waals surface area contributed by atoms with Crippen molar-refractivity contribution >= 4 is 29.1 Å². The maximum Gasteiger partial charge on any atom is 0.349 e. The predicted octanol–water partition coefficient (Wildman–Crippen LogP) is 2.58. The van der Waals surface area contributed by atoms with Crippen molar-refractivity contribution < 1.29 is 14.6 Å². The molecule has 3 nitrogen and oxygen atoms in total. The lowest BCUT2D eigenvalue weighted by Gasteiger charge is -2.03. The number of hydrogen-bond acceptors (Lipinski definition) is 4. The summed E-state index contributed by atoms with van der Waals surface area (Å²) in [5, 5.41) is 10.5. The van der Waals surface area contributed by atoms with Crippen molar-refractivity contribution in [1.29, 1.82) is 0 Å². The minimum Gasteiger partial charge on any atom is -0.491 e. The lowest BCUT2D eigenvalue weighted by Crippen LogP contribution is -2.03. The van der Waals surface area contributed by atoms with Gasteiger partial charge in [-0.2, -0.15) is 11.8 Å². The molecular formula is C9H12O3S2. The number of thioether (sulfide) groups is 1. The number of aromatic carboxylic acids is 1. The van der Waals surface area contributed by atoms with Crippen molar-refractivity contribution in [3.05, 3.63) is 16.3 Å². The van der Waals surface area contributed by atoms with Crippen molar-refractivity contribution in [2.24, 2.45) is 0 Å². The fraction of sp³-hybridized carbons (Fsp3) is 0.444. The van der Waals surface area contributed by atoms with Crippen LogP contribution in [0.3, 0.4) is 0 Å². The lowest BCUT2D eigenvalue weighted by atomic mass is 10.4.